The highest BCUT2D eigenvalue weighted by Gasteiger charge is 2.09. The van der Waals surface area contributed by atoms with Gasteiger partial charge in [0.25, 0.3) is 0 Å². The lowest BCUT2D eigenvalue weighted by Gasteiger charge is -2.11. The quantitative estimate of drug-likeness (QED) is 0.657. The highest BCUT2D eigenvalue weighted by atomic mass is 16.3. The second-order valence-electron chi connectivity index (χ2n) is 4.11. The van der Waals surface area contributed by atoms with E-state index in [2.05, 4.69) is 34.6 Å². The van der Waals surface area contributed by atoms with Crippen molar-refractivity contribution in [1.82, 2.24) is 25.5 Å². The van der Waals surface area contributed by atoms with Crippen LogP contribution in [0, 0.1) is 5.92 Å². The van der Waals surface area contributed by atoms with E-state index in [1.807, 2.05) is 0 Å². The molecule has 0 radical (unpaired) electrons. The molecule has 0 saturated carbocycles. The van der Waals surface area contributed by atoms with Crippen LogP contribution in [0.15, 0.2) is 0 Å². The molecular formula is C9H19N5O. The molecule has 15 heavy (non-hydrogen) atoms. The van der Waals surface area contributed by atoms with Gasteiger partial charge in [-0.25, -0.2) is 0 Å². The van der Waals surface area contributed by atoms with E-state index in [1.165, 1.54) is 4.80 Å². The maximum atomic E-state index is 9.65. The van der Waals surface area contributed by atoms with Crippen LogP contribution in [0.2, 0.25) is 0 Å². The number of aliphatic hydroxyl groups is 1. The van der Waals surface area contributed by atoms with E-state index < -0.39 is 6.10 Å². The largest absolute Gasteiger partial charge is 0.391 e. The molecule has 0 bridgehead atoms. The van der Waals surface area contributed by atoms with Gasteiger partial charge in [-0.2, -0.15) is 4.80 Å². The summed E-state index contributed by atoms with van der Waals surface area (Å²) in [5.74, 6) is 1.17. The second kappa shape index (κ2) is 5.77. The van der Waals surface area contributed by atoms with Gasteiger partial charge in [-0.05, 0) is 17.7 Å². The minimum Gasteiger partial charge on any atom is -0.391 e. The van der Waals surface area contributed by atoms with E-state index in [0.29, 0.717) is 24.7 Å². The van der Waals surface area contributed by atoms with E-state index in [9.17, 15) is 5.11 Å². The Kier molecular flexibility index (Phi) is 4.64. The van der Waals surface area contributed by atoms with Gasteiger partial charge in [0.05, 0.1) is 13.2 Å². The number of nitrogens with one attached hydrogen (secondary N) is 1. The maximum absolute atomic E-state index is 9.65. The summed E-state index contributed by atoms with van der Waals surface area (Å²) in [5.41, 5.74) is 0. The number of nitrogens with zero attached hydrogens (tertiary/aromatic N) is 4. The molecule has 1 rings (SSSR count). The third kappa shape index (κ3) is 4.85. The molecule has 86 valence electrons. The van der Waals surface area contributed by atoms with Crippen molar-refractivity contribution in [3.05, 3.63) is 5.82 Å². The van der Waals surface area contributed by atoms with Crippen LogP contribution < -0.4 is 5.32 Å². The normalized spacial score (nSPS) is 13.4. The number of aryl methyl sites for hydroxylation is 1. The lowest BCUT2D eigenvalue weighted by molar-refractivity contribution is 0.168. The van der Waals surface area contributed by atoms with E-state index in [0.717, 1.165) is 6.54 Å². The summed E-state index contributed by atoms with van der Waals surface area (Å²) < 4.78 is 0. The number of aromatic nitrogens is 4. The third-order valence-corrected chi connectivity index (χ3v) is 1.90. The first-order valence-electron chi connectivity index (χ1n) is 5.19. The maximum Gasteiger partial charge on any atom is 0.177 e. The van der Waals surface area contributed by atoms with Gasteiger partial charge in [-0.1, -0.05) is 13.8 Å². The van der Waals surface area contributed by atoms with Gasteiger partial charge in [0.2, 0.25) is 0 Å². The summed E-state index contributed by atoms with van der Waals surface area (Å²) in [4.78, 5) is 1.39. The zero-order valence-electron chi connectivity index (χ0n) is 9.51. The van der Waals surface area contributed by atoms with Gasteiger partial charge in [0.1, 0.15) is 0 Å². The standard InChI is InChI=1S/C9H19N5O/c1-7(2)5-10-6-8(15)4-9-11-13-14(3)12-9/h7-8,10,15H,4-6H2,1-3H3. The Morgan fingerprint density at radius 2 is 2.13 bits per heavy atom. The molecule has 0 aliphatic rings. The molecule has 6 heteroatoms. The number of rotatable bonds is 6. The Morgan fingerprint density at radius 3 is 2.67 bits per heavy atom. The summed E-state index contributed by atoms with van der Waals surface area (Å²) in [7, 11) is 1.71. The zero-order chi connectivity index (χ0) is 11.3. The molecule has 0 aliphatic heterocycles. The van der Waals surface area contributed by atoms with E-state index >= 15 is 0 Å². The molecule has 1 aromatic rings. The van der Waals surface area contributed by atoms with Gasteiger partial charge >= 0.3 is 0 Å². The summed E-state index contributed by atoms with van der Waals surface area (Å²) in [6.45, 7) is 5.73. The minimum atomic E-state index is -0.451. The summed E-state index contributed by atoms with van der Waals surface area (Å²) in [6.07, 6.45) is -0.00758. The van der Waals surface area contributed by atoms with Crippen molar-refractivity contribution in [3.8, 4) is 0 Å². The molecule has 0 fully saturated rings. The van der Waals surface area contributed by atoms with Gasteiger partial charge in [-0.3, -0.25) is 0 Å². The van der Waals surface area contributed by atoms with Gasteiger partial charge in [0, 0.05) is 13.0 Å². The summed E-state index contributed by atoms with van der Waals surface area (Å²) in [6, 6.07) is 0. The lowest BCUT2D eigenvalue weighted by Crippen LogP contribution is -2.31. The predicted octanol–water partition coefficient (Wildman–Crippen LogP) is -0.641. The number of hydrogen-bond donors (Lipinski definition) is 2. The number of hydrogen-bond acceptors (Lipinski definition) is 5. The Bertz CT molecular complexity index is 286. The van der Waals surface area contributed by atoms with Crippen LogP contribution in [0.4, 0.5) is 0 Å². The van der Waals surface area contributed by atoms with Gasteiger partial charge < -0.3 is 10.4 Å². The van der Waals surface area contributed by atoms with Crippen LogP contribution in [0.5, 0.6) is 0 Å². The Balaban J connectivity index is 2.21. The topological polar surface area (TPSA) is 75.9 Å². The average Bonchev–Trinajstić information content (AvgIpc) is 2.50. The zero-order valence-corrected chi connectivity index (χ0v) is 9.51. The smallest absolute Gasteiger partial charge is 0.177 e. The molecule has 0 saturated heterocycles. The van der Waals surface area contributed by atoms with Crippen molar-refractivity contribution >= 4 is 0 Å². The highest BCUT2D eigenvalue weighted by molar-refractivity contribution is 4.81. The van der Waals surface area contributed by atoms with Crippen LogP contribution in [-0.4, -0.2) is 44.5 Å². The SMILES string of the molecule is CC(C)CNCC(O)Cc1nnn(C)n1. The molecule has 1 atom stereocenters. The first-order valence-corrected chi connectivity index (χ1v) is 5.19. The first-order chi connectivity index (χ1) is 7.08. The third-order valence-electron chi connectivity index (χ3n) is 1.90. The van der Waals surface area contributed by atoms with E-state index in [-0.39, 0.29) is 0 Å². The van der Waals surface area contributed by atoms with Crippen LogP contribution in [0.3, 0.4) is 0 Å². The highest BCUT2D eigenvalue weighted by Crippen LogP contribution is 1.94. The monoisotopic (exact) mass is 213 g/mol. The van der Waals surface area contributed by atoms with Crippen molar-refractivity contribution in [2.75, 3.05) is 13.1 Å². The van der Waals surface area contributed by atoms with E-state index in [4.69, 9.17) is 0 Å². The molecule has 0 aliphatic carbocycles. The van der Waals surface area contributed by atoms with Crippen molar-refractivity contribution in [3.63, 3.8) is 0 Å². The van der Waals surface area contributed by atoms with E-state index in [1.54, 1.807) is 7.05 Å². The van der Waals surface area contributed by atoms with Crippen molar-refractivity contribution in [2.24, 2.45) is 13.0 Å². The predicted molar refractivity (Wildman–Crippen MR) is 56.2 cm³/mol. The minimum absolute atomic E-state index is 0.443. The Labute approximate surface area is 89.7 Å². The van der Waals surface area contributed by atoms with Crippen molar-refractivity contribution < 1.29 is 5.11 Å². The molecule has 0 spiro atoms. The fraction of sp³-hybridized carbons (Fsp3) is 0.889. The summed E-state index contributed by atoms with van der Waals surface area (Å²) in [5, 5.41) is 24.3. The van der Waals surface area contributed by atoms with Crippen LogP contribution in [-0.2, 0) is 13.5 Å². The van der Waals surface area contributed by atoms with Crippen LogP contribution in [0.25, 0.3) is 0 Å². The van der Waals surface area contributed by atoms with Crippen LogP contribution in [0.1, 0.15) is 19.7 Å². The molecule has 1 aromatic heterocycles. The lowest BCUT2D eigenvalue weighted by atomic mass is 10.2. The average molecular weight is 213 g/mol. The van der Waals surface area contributed by atoms with Gasteiger partial charge in [-0.15, -0.1) is 10.2 Å². The number of tetrazole rings is 1. The molecule has 1 unspecified atom stereocenters. The molecule has 1 heterocycles. The van der Waals surface area contributed by atoms with Crippen molar-refractivity contribution in [1.29, 1.82) is 0 Å². The molecular weight excluding hydrogens is 194 g/mol. The fourth-order valence-corrected chi connectivity index (χ4v) is 1.23. The Morgan fingerprint density at radius 1 is 1.40 bits per heavy atom. The molecule has 2 N–H and O–H groups in total. The second-order valence-corrected chi connectivity index (χ2v) is 4.11. The van der Waals surface area contributed by atoms with Gasteiger partial charge in [0.15, 0.2) is 5.82 Å². The van der Waals surface area contributed by atoms with Crippen molar-refractivity contribution in [2.45, 2.75) is 26.4 Å². The molecule has 6 nitrogen and oxygen atoms in total. The molecule has 0 aromatic carbocycles. The molecule has 0 amide bonds. The van der Waals surface area contributed by atoms with Crippen LogP contribution >= 0.6 is 0 Å². The fourth-order valence-electron chi connectivity index (χ4n) is 1.23. The Hall–Kier alpha value is -1.01. The summed E-state index contributed by atoms with van der Waals surface area (Å²) >= 11 is 0. The first kappa shape index (κ1) is 12.1. The number of aliphatic hydroxyl groups excluding tert-OH is 1.